The van der Waals surface area contributed by atoms with Crippen molar-refractivity contribution in [2.75, 3.05) is 6.61 Å². The molecule has 2 amide bonds. The fourth-order valence-corrected chi connectivity index (χ4v) is 3.30. The molecule has 1 heterocycles. The van der Waals surface area contributed by atoms with E-state index in [1.165, 1.54) is 4.90 Å². The third-order valence-corrected chi connectivity index (χ3v) is 4.87. The Morgan fingerprint density at radius 1 is 1.22 bits per heavy atom. The molecule has 1 aliphatic heterocycles. The van der Waals surface area contributed by atoms with E-state index < -0.39 is 0 Å². The number of carbonyl (C=O) groups is 2. The van der Waals surface area contributed by atoms with Crippen LogP contribution in [0.3, 0.4) is 0 Å². The standard InChI is InChI=1S/C14H23NO3/c1-4-10-5-11-12(6-10)14(18)15(13(11)17)9(3)8(2)7-16/h8-12,16H,4-7H2,1-3H3. The van der Waals surface area contributed by atoms with Crippen LogP contribution in [0, 0.1) is 23.7 Å². The number of carbonyl (C=O) groups excluding carboxylic acids is 2. The number of likely N-dealkylation sites (tertiary alicyclic amines) is 1. The maximum atomic E-state index is 12.3. The second-order valence-electron chi connectivity index (χ2n) is 5.91. The molecule has 0 spiro atoms. The first kappa shape index (κ1) is 13.5. The predicted molar refractivity (Wildman–Crippen MR) is 67.6 cm³/mol. The van der Waals surface area contributed by atoms with Gasteiger partial charge in [-0.05, 0) is 31.6 Å². The highest BCUT2D eigenvalue weighted by Gasteiger charge is 2.53. The van der Waals surface area contributed by atoms with Crippen molar-refractivity contribution in [2.45, 2.75) is 46.1 Å². The molecule has 0 bridgehead atoms. The van der Waals surface area contributed by atoms with Crippen molar-refractivity contribution in [1.29, 1.82) is 0 Å². The lowest BCUT2D eigenvalue weighted by molar-refractivity contribution is -0.144. The van der Waals surface area contributed by atoms with Gasteiger partial charge in [0.25, 0.3) is 0 Å². The number of fused-ring (bicyclic) bond motifs is 1. The first-order valence-corrected chi connectivity index (χ1v) is 6.99. The van der Waals surface area contributed by atoms with Crippen molar-refractivity contribution >= 4 is 11.8 Å². The Balaban J connectivity index is 2.14. The average molecular weight is 253 g/mol. The molecule has 4 unspecified atom stereocenters. The summed E-state index contributed by atoms with van der Waals surface area (Å²) in [6, 6.07) is -0.194. The van der Waals surface area contributed by atoms with E-state index in [1.807, 2.05) is 13.8 Å². The minimum atomic E-state index is -0.194. The van der Waals surface area contributed by atoms with E-state index in [4.69, 9.17) is 0 Å². The Bertz CT molecular complexity index is 331. The molecule has 2 fully saturated rings. The molecule has 4 atom stereocenters. The molecule has 0 radical (unpaired) electrons. The molecule has 1 saturated carbocycles. The van der Waals surface area contributed by atoms with Crippen LogP contribution in [-0.2, 0) is 9.59 Å². The Hall–Kier alpha value is -0.900. The summed E-state index contributed by atoms with van der Waals surface area (Å²) in [5.74, 6) is 0.286. The van der Waals surface area contributed by atoms with Crippen molar-refractivity contribution in [3.05, 3.63) is 0 Å². The summed E-state index contributed by atoms with van der Waals surface area (Å²) in [6.07, 6.45) is 2.78. The topological polar surface area (TPSA) is 57.6 Å². The lowest BCUT2D eigenvalue weighted by Gasteiger charge is -2.28. The maximum Gasteiger partial charge on any atom is 0.233 e. The maximum absolute atomic E-state index is 12.3. The van der Waals surface area contributed by atoms with E-state index in [9.17, 15) is 14.7 Å². The molecule has 0 aromatic rings. The summed E-state index contributed by atoms with van der Waals surface area (Å²) in [6.45, 7) is 5.85. The van der Waals surface area contributed by atoms with Gasteiger partial charge in [-0.2, -0.15) is 0 Å². The molecular weight excluding hydrogens is 230 g/mol. The van der Waals surface area contributed by atoms with Crippen LogP contribution in [0.15, 0.2) is 0 Å². The highest BCUT2D eigenvalue weighted by Crippen LogP contribution is 2.45. The molecule has 1 aliphatic carbocycles. The Kier molecular flexibility index (Phi) is 3.76. The van der Waals surface area contributed by atoms with Gasteiger partial charge in [0.15, 0.2) is 0 Å². The summed E-state index contributed by atoms with van der Waals surface area (Å²) in [5, 5.41) is 9.17. The number of hydrogen-bond donors (Lipinski definition) is 1. The molecule has 2 aliphatic rings. The third-order valence-electron chi connectivity index (χ3n) is 4.87. The number of hydrogen-bond acceptors (Lipinski definition) is 3. The Morgan fingerprint density at radius 2 is 1.72 bits per heavy atom. The summed E-state index contributed by atoms with van der Waals surface area (Å²) < 4.78 is 0. The van der Waals surface area contributed by atoms with Gasteiger partial charge in [0.1, 0.15) is 0 Å². The molecule has 102 valence electrons. The minimum Gasteiger partial charge on any atom is -0.396 e. The monoisotopic (exact) mass is 253 g/mol. The number of aliphatic hydroxyl groups excluding tert-OH is 1. The van der Waals surface area contributed by atoms with Crippen molar-refractivity contribution in [2.24, 2.45) is 23.7 Å². The van der Waals surface area contributed by atoms with Gasteiger partial charge in [0.2, 0.25) is 11.8 Å². The van der Waals surface area contributed by atoms with Crippen LogP contribution in [0.25, 0.3) is 0 Å². The van der Waals surface area contributed by atoms with Crippen LogP contribution >= 0.6 is 0 Å². The first-order chi connectivity index (χ1) is 8.51. The van der Waals surface area contributed by atoms with E-state index in [-0.39, 0.29) is 42.2 Å². The molecule has 1 saturated heterocycles. The average Bonchev–Trinajstić information content (AvgIpc) is 2.89. The third kappa shape index (κ3) is 1.96. The van der Waals surface area contributed by atoms with Crippen LogP contribution in [0.4, 0.5) is 0 Å². The van der Waals surface area contributed by atoms with E-state index in [0.29, 0.717) is 5.92 Å². The van der Waals surface area contributed by atoms with Gasteiger partial charge in [0.05, 0.1) is 11.8 Å². The molecule has 18 heavy (non-hydrogen) atoms. The summed E-state index contributed by atoms with van der Waals surface area (Å²) in [5.41, 5.74) is 0. The molecule has 1 N–H and O–H groups in total. The minimum absolute atomic E-state index is 0.00510. The largest absolute Gasteiger partial charge is 0.396 e. The van der Waals surface area contributed by atoms with Crippen molar-refractivity contribution in [1.82, 2.24) is 4.90 Å². The van der Waals surface area contributed by atoms with Gasteiger partial charge in [-0.15, -0.1) is 0 Å². The molecule has 0 aromatic carbocycles. The number of amides is 2. The zero-order chi connectivity index (χ0) is 13.4. The van der Waals surface area contributed by atoms with Crippen LogP contribution in [0.1, 0.15) is 40.0 Å². The quantitative estimate of drug-likeness (QED) is 0.771. The molecule has 2 rings (SSSR count). The zero-order valence-electron chi connectivity index (χ0n) is 11.4. The normalized spacial score (nSPS) is 34.9. The van der Waals surface area contributed by atoms with Gasteiger partial charge in [-0.1, -0.05) is 20.3 Å². The highest BCUT2D eigenvalue weighted by molar-refractivity contribution is 6.05. The fourth-order valence-electron chi connectivity index (χ4n) is 3.30. The number of aliphatic hydroxyl groups is 1. The van der Waals surface area contributed by atoms with Crippen molar-refractivity contribution in [3.63, 3.8) is 0 Å². The second kappa shape index (κ2) is 5.00. The smallest absolute Gasteiger partial charge is 0.233 e. The Morgan fingerprint density at radius 3 is 2.11 bits per heavy atom. The van der Waals surface area contributed by atoms with Crippen molar-refractivity contribution < 1.29 is 14.7 Å². The zero-order valence-corrected chi connectivity index (χ0v) is 11.4. The van der Waals surface area contributed by atoms with Crippen LogP contribution in [-0.4, -0.2) is 34.5 Å². The van der Waals surface area contributed by atoms with E-state index in [0.717, 1.165) is 19.3 Å². The predicted octanol–water partition coefficient (Wildman–Crippen LogP) is 1.42. The van der Waals surface area contributed by atoms with Gasteiger partial charge in [-0.3, -0.25) is 14.5 Å². The first-order valence-electron chi connectivity index (χ1n) is 6.99. The lowest BCUT2D eigenvalue weighted by atomic mass is 10.00. The summed E-state index contributed by atoms with van der Waals surface area (Å²) in [7, 11) is 0. The van der Waals surface area contributed by atoms with Gasteiger partial charge in [0, 0.05) is 12.6 Å². The van der Waals surface area contributed by atoms with Gasteiger partial charge < -0.3 is 5.11 Å². The number of nitrogens with zero attached hydrogens (tertiary/aromatic N) is 1. The lowest BCUT2D eigenvalue weighted by Crippen LogP contribution is -2.44. The summed E-state index contributed by atoms with van der Waals surface area (Å²) in [4.78, 5) is 26.1. The highest BCUT2D eigenvalue weighted by atomic mass is 16.3. The van der Waals surface area contributed by atoms with Crippen LogP contribution < -0.4 is 0 Å². The van der Waals surface area contributed by atoms with Crippen molar-refractivity contribution in [3.8, 4) is 0 Å². The molecule has 0 aromatic heterocycles. The SMILES string of the molecule is CCC1CC2C(=O)N(C(C)C(C)CO)C(=O)C2C1. The fraction of sp³-hybridized carbons (Fsp3) is 0.857. The van der Waals surface area contributed by atoms with E-state index >= 15 is 0 Å². The van der Waals surface area contributed by atoms with Crippen LogP contribution in [0.2, 0.25) is 0 Å². The second-order valence-corrected chi connectivity index (χ2v) is 5.91. The van der Waals surface area contributed by atoms with E-state index in [1.54, 1.807) is 0 Å². The van der Waals surface area contributed by atoms with E-state index in [2.05, 4.69) is 6.92 Å². The molecule has 4 nitrogen and oxygen atoms in total. The van der Waals surface area contributed by atoms with Gasteiger partial charge in [-0.25, -0.2) is 0 Å². The van der Waals surface area contributed by atoms with Gasteiger partial charge >= 0.3 is 0 Å². The molecule has 4 heteroatoms. The Labute approximate surface area is 108 Å². The van der Waals surface area contributed by atoms with Crippen LogP contribution in [0.5, 0.6) is 0 Å². The summed E-state index contributed by atoms with van der Waals surface area (Å²) >= 11 is 0. The number of imide groups is 1. The number of rotatable bonds is 4. The molecular formula is C14H23NO3.